The van der Waals surface area contributed by atoms with Crippen molar-refractivity contribution < 1.29 is 8.42 Å². The average Bonchev–Trinajstić information content (AvgIpc) is 2.54. The van der Waals surface area contributed by atoms with Gasteiger partial charge in [-0.2, -0.15) is 0 Å². The van der Waals surface area contributed by atoms with Gasteiger partial charge in [-0.25, -0.2) is 8.42 Å². The van der Waals surface area contributed by atoms with Gasteiger partial charge < -0.3 is 5.32 Å². The van der Waals surface area contributed by atoms with Gasteiger partial charge in [0.2, 0.25) is 0 Å². The fourth-order valence-corrected chi connectivity index (χ4v) is 4.06. The van der Waals surface area contributed by atoms with E-state index in [4.69, 9.17) is 0 Å². The minimum Gasteiger partial charge on any atom is -0.315 e. The number of rotatable bonds is 1. The number of hydrogen-bond acceptors (Lipinski definition) is 4. The third-order valence-corrected chi connectivity index (χ3v) is 5.02. The Bertz CT molecular complexity index is 296. The van der Waals surface area contributed by atoms with Gasteiger partial charge in [0, 0.05) is 25.2 Å². The maximum Gasteiger partial charge on any atom is 0.153 e. The van der Waals surface area contributed by atoms with Gasteiger partial charge in [-0.15, -0.1) is 0 Å². The van der Waals surface area contributed by atoms with Crippen LogP contribution in [0, 0.1) is 0 Å². The van der Waals surface area contributed by atoms with E-state index in [1.807, 2.05) is 6.92 Å². The summed E-state index contributed by atoms with van der Waals surface area (Å²) in [4.78, 5) is 2.35. The Morgan fingerprint density at radius 1 is 1.43 bits per heavy atom. The summed E-state index contributed by atoms with van der Waals surface area (Å²) in [5.41, 5.74) is 0. The largest absolute Gasteiger partial charge is 0.315 e. The fourth-order valence-electron chi connectivity index (χ4n) is 2.48. The first kappa shape index (κ1) is 10.4. The van der Waals surface area contributed by atoms with E-state index in [-0.39, 0.29) is 6.04 Å². The van der Waals surface area contributed by atoms with Gasteiger partial charge in [0.25, 0.3) is 0 Å². The first-order valence-corrected chi connectivity index (χ1v) is 7.07. The highest BCUT2D eigenvalue weighted by Gasteiger charge is 2.33. The predicted molar refractivity (Wildman–Crippen MR) is 56.1 cm³/mol. The predicted octanol–water partition coefficient (Wildman–Crippen LogP) is -0.533. The Balaban J connectivity index is 2.01. The van der Waals surface area contributed by atoms with Gasteiger partial charge in [0.05, 0.1) is 11.5 Å². The van der Waals surface area contributed by atoms with E-state index in [1.165, 1.54) is 0 Å². The minimum absolute atomic E-state index is 0.193. The van der Waals surface area contributed by atoms with Crippen molar-refractivity contribution in [3.63, 3.8) is 0 Å². The lowest BCUT2D eigenvalue weighted by molar-refractivity contribution is 0.168. The number of sulfone groups is 1. The summed E-state index contributed by atoms with van der Waals surface area (Å²) in [5.74, 6) is 0.678. The van der Waals surface area contributed by atoms with Crippen molar-refractivity contribution in [2.75, 3.05) is 31.1 Å². The molecule has 2 rings (SSSR count). The van der Waals surface area contributed by atoms with Crippen LogP contribution in [0.1, 0.15) is 13.3 Å². The Hall–Kier alpha value is -0.130. The highest BCUT2D eigenvalue weighted by molar-refractivity contribution is 7.91. The summed E-state index contributed by atoms with van der Waals surface area (Å²) in [5, 5.41) is 3.32. The zero-order valence-corrected chi connectivity index (χ0v) is 9.39. The molecule has 2 unspecified atom stereocenters. The van der Waals surface area contributed by atoms with Crippen LogP contribution in [-0.4, -0.2) is 56.5 Å². The van der Waals surface area contributed by atoms with Crippen molar-refractivity contribution in [2.24, 2.45) is 0 Å². The summed E-state index contributed by atoms with van der Waals surface area (Å²) in [6, 6.07) is 0.749. The highest BCUT2D eigenvalue weighted by atomic mass is 32.2. The minimum atomic E-state index is -2.76. The average molecular weight is 218 g/mol. The van der Waals surface area contributed by atoms with Gasteiger partial charge in [-0.1, -0.05) is 0 Å². The van der Waals surface area contributed by atoms with E-state index >= 15 is 0 Å². The first-order valence-electron chi connectivity index (χ1n) is 5.25. The molecule has 0 amide bonds. The Kier molecular flexibility index (Phi) is 2.81. The van der Waals surface area contributed by atoms with Gasteiger partial charge in [-0.3, -0.25) is 4.90 Å². The van der Waals surface area contributed by atoms with E-state index in [1.54, 1.807) is 0 Å². The second-order valence-corrected chi connectivity index (χ2v) is 6.58. The van der Waals surface area contributed by atoms with Crippen LogP contribution in [0.4, 0.5) is 0 Å². The van der Waals surface area contributed by atoms with Crippen molar-refractivity contribution >= 4 is 9.84 Å². The van der Waals surface area contributed by atoms with Crippen LogP contribution in [0.5, 0.6) is 0 Å². The number of hydrogen-bond donors (Lipinski definition) is 1. The molecule has 0 aromatic rings. The third kappa shape index (κ3) is 2.10. The molecule has 0 aromatic carbocycles. The van der Waals surface area contributed by atoms with Crippen LogP contribution < -0.4 is 5.32 Å². The van der Waals surface area contributed by atoms with Crippen LogP contribution >= 0.6 is 0 Å². The Morgan fingerprint density at radius 2 is 2.21 bits per heavy atom. The molecule has 5 heteroatoms. The zero-order valence-electron chi connectivity index (χ0n) is 8.57. The normalized spacial score (nSPS) is 38.6. The van der Waals surface area contributed by atoms with Crippen molar-refractivity contribution in [3.8, 4) is 0 Å². The molecule has 1 N–H and O–H groups in total. The van der Waals surface area contributed by atoms with Crippen LogP contribution in [0.2, 0.25) is 0 Å². The summed E-state index contributed by atoms with van der Waals surface area (Å²) in [7, 11) is -2.76. The molecule has 0 aliphatic carbocycles. The van der Waals surface area contributed by atoms with E-state index in [9.17, 15) is 8.42 Å². The van der Waals surface area contributed by atoms with Gasteiger partial charge in [0.1, 0.15) is 0 Å². The second kappa shape index (κ2) is 3.79. The topological polar surface area (TPSA) is 49.4 Å². The molecule has 2 atom stereocenters. The molecular weight excluding hydrogens is 200 g/mol. The quantitative estimate of drug-likeness (QED) is 0.642. The summed E-state index contributed by atoms with van der Waals surface area (Å²) < 4.78 is 22.8. The monoisotopic (exact) mass is 218 g/mol. The van der Waals surface area contributed by atoms with Crippen molar-refractivity contribution in [3.05, 3.63) is 0 Å². The molecule has 0 spiro atoms. The maximum atomic E-state index is 11.4. The fraction of sp³-hybridized carbons (Fsp3) is 1.00. The molecule has 2 fully saturated rings. The van der Waals surface area contributed by atoms with E-state index in [0.717, 1.165) is 26.1 Å². The maximum absolute atomic E-state index is 11.4. The molecule has 2 heterocycles. The summed E-state index contributed by atoms with van der Waals surface area (Å²) in [6.45, 7) is 4.83. The highest BCUT2D eigenvalue weighted by Crippen LogP contribution is 2.18. The van der Waals surface area contributed by atoms with Gasteiger partial charge >= 0.3 is 0 Å². The Labute approximate surface area is 85.6 Å². The molecule has 0 saturated carbocycles. The lowest BCUT2D eigenvalue weighted by Crippen LogP contribution is -2.52. The number of nitrogens with zero attached hydrogens (tertiary/aromatic N) is 1. The molecule has 4 nitrogen and oxygen atoms in total. The summed E-state index contributed by atoms with van der Waals surface area (Å²) in [6.07, 6.45) is 1.16. The zero-order chi connectivity index (χ0) is 10.2. The smallest absolute Gasteiger partial charge is 0.153 e. The van der Waals surface area contributed by atoms with Crippen molar-refractivity contribution in [2.45, 2.75) is 25.4 Å². The molecule has 0 bridgehead atoms. The molecule has 2 aliphatic rings. The van der Waals surface area contributed by atoms with E-state index in [2.05, 4.69) is 10.2 Å². The standard InChI is InChI=1S/C9H18N2O2S/c1-8-7-14(12,13)5-4-11(8)9-2-3-10-6-9/h8-10H,2-7H2,1H3. The second-order valence-electron chi connectivity index (χ2n) is 4.35. The van der Waals surface area contributed by atoms with Crippen LogP contribution in [-0.2, 0) is 9.84 Å². The lowest BCUT2D eigenvalue weighted by atomic mass is 10.2. The summed E-state index contributed by atoms with van der Waals surface area (Å²) >= 11 is 0. The molecular formula is C9H18N2O2S. The van der Waals surface area contributed by atoms with E-state index in [0.29, 0.717) is 17.5 Å². The van der Waals surface area contributed by atoms with Crippen LogP contribution in [0.25, 0.3) is 0 Å². The van der Waals surface area contributed by atoms with Gasteiger partial charge in [-0.05, 0) is 19.9 Å². The lowest BCUT2D eigenvalue weighted by Gasteiger charge is -2.37. The molecule has 14 heavy (non-hydrogen) atoms. The third-order valence-electron chi connectivity index (χ3n) is 3.23. The molecule has 0 aromatic heterocycles. The molecule has 2 saturated heterocycles. The molecule has 2 aliphatic heterocycles. The van der Waals surface area contributed by atoms with Crippen molar-refractivity contribution in [1.82, 2.24) is 10.2 Å². The molecule has 82 valence electrons. The van der Waals surface area contributed by atoms with Crippen LogP contribution in [0.3, 0.4) is 0 Å². The number of nitrogens with one attached hydrogen (secondary N) is 1. The Morgan fingerprint density at radius 3 is 2.79 bits per heavy atom. The van der Waals surface area contributed by atoms with Gasteiger partial charge in [0.15, 0.2) is 9.84 Å². The van der Waals surface area contributed by atoms with E-state index < -0.39 is 9.84 Å². The first-order chi connectivity index (χ1) is 6.58. The van der Waals surface area contributed by atoms with Crippen molar-refractivity contribution in [1.29, 1.82) is 0 Å². The SMILES string of the molecule is CC1CS(=O)(=O)CCN1C1CCNC1. The molecule has 0 radical (unpaired) electrons. The van der Waals surface area contributed by atoms with Crippen LogP contribution in [0.15, 0.2) is 0 Å².